The van der Waals surface area contributed by atoms with Crippen molar-refractivity contribution in [2.75, 3.05) is 26.7 Å². The molecule has 1 atom stereocenters. The maximum Gasteiger partial charge on any atom is 0.200 e. The van der Waals surface area contributed by atoms with Gasteiger partial charge in [0.1, 0.15) is 5.75 Å². The Morgan fingerprint density at radius 2 is 2.00 bits per heavy atom. The molecule has 2 aromatic carbocycles. The maximum absolute atomic E-state index is 9.94. The lowest BCUT2D eigenvalue weighted by Gasteiger charge is -2.51. The molecule has 6 nitrogen and oxygen atoms in total. The molecule has 0 amide bonds. The van der Waals surface area contributed by atoms with Crippen molar-refractivity contribution in [2.24, 2.45) is 5.10 Å². The number of fused-ring (bicyclic) bond motifs is 4. The molecule has 0 aromatic heterocycles. The number of piperidine rings is 1. The SMILES string of the molecule is CCN1CCC2(CC1)Oc1c(OC)cccc1[C@H]1CC(c3cccc(O)c3)=NN12. The van der Waals surface area contributed by atoms with E-state index in [9.17, 15) is 5.11 Å². The first kappa shape index (κ1) is 18.3. The Bertz CT molecular complexity index is 950. The number of aromatic hydroxyl groups is 1. The fourth-order valence-electron chi connectivity index (χ4n) is 4.84. The van der Waals surface area contributed by atoms with Crippen molar-refractivity contribution in [3.8, 4) is 17.2 Å². The van der Waals surface area contributed by atoms with Gasteiger partial charge < -0.3 is 19.5 Å². The second-order valence-corrected chi connectivity index (χ2v) is 8.02. The van der Waals surface area contributed by atoms with Gasteiger partial charge in [0.2, 0.25) is 5.72 Å². The van der Waals surface area contributed by atoms with E-state index in [4.69, 9.17) is 14.6 Å². The standard InChI is InChI=1S/C23H27N3O3/c1-3-25-12-10-23(11-13-25)26-20(18-8-5-9-21(28-2)22(18)29-23)15-19(24-26)16-6-4-7-17(27)14-16/h4-9,14,20,27H,3,10-13,15H2,1-2H3/t20-/m1/s1. The monoisotopic (exact) mass is 393 g/mol. The molecule has 3 aliphatic rings. The molecule has 0 radical (unpaired) electrons. The number of hydrogen-bond donors (Lipinski definition) is 1. The number of ether oxygens (including phenoxy) is 2. The van der Waals surface area contributed by atoms with Crippen LogP contribution in [0.15, 0.2) is 47.6 Å². The van der Waals surface area contributed by atoms with Crippen LogP contribution >= 0.6 is 0 Å². The van der Waals surface area contributed by atoms with Crippen molar-refractivity contribution < 1.29 is 14.6 Å². The summed E-state index contributed by atoms with van der Waals surface area (Å²) >= 11 is 0. The van der Waals surface area contributed by atoms with E-state index >= 15 is 0 Å². The quantitative estimate of drug-likeness (QED) is 0.861. The van der Waals surface area contributed by atoms with Crippen LogP contribution < -0.4 is 9.47 Å². The van der Waals surface area contributed by atoms with Gasteiger partial charge in [0.05, 0.1) is 18.9 Å². The number of phenolic OH excluding ortho intramolecular Hbond substituents is 1. The molecule has 152 valence electrons. The largest absolute Gasteiger partial charge is 0.508 e. The number of rotatable bonds is 3. The number of para-hydroxylation sites is 1. The van der Waals surface area contributed by atoms with Crippen LogP contribution in [0.25, 0.3) is 0 Å². The van der Waals surface area contributed by atoms with E-state index in [1.165, 1.54) is 0 Å². The van der Waals surface area contributed by atoms with Crippen LogP contribution in [0.5, 0.6) is 17.2 Å². The lowest BCUT2D eigenvalue weighted by Crippen LogP contribution is -2.59. The van der Waals surface area contributed by atoms with Crippen LogP contribution in [0.4, 0.5) is 0 Å². The number of phenols is 1. The van der Waals surface area contributed by atoms with E-state index in [-0.39, 0.29) is 11.8 Å². The molecule has 0 unspecified atom stereocenters. The minimum Gasteiger partial charge on any atom is -0.508 e. The third-order valence-electron chi connectivity index (χ3n) is 6.47. The van der Waals surface area contributed by atoms with Gasteiger partial charge in [-0.1, -0.05) is 31.2 Å². The minimum atomic E-state index is -0.462. The molecule has 1 spiro atoms. The van der Waals surface area contributed by atoms with Crippen LogP contribution in [0, 0.1) is 0 Å². The summed E-state index contributed by atoms with van der Waals surface area (Å²) in [6, 6.07) is 13.6. The van der Waals surface area contributed by atoms with E-state index in [1.807, 2.05) is 24.3 Å². The van der Waals surface area contributed by atoms with Gasteiger partial charge in [-0.15, -0.1) is 0 Å². The summed E-state index contributed by atoms with van der Waals surface area (Å²) in [5, 5.41) is 17.2. The van der Waals surface area contributed by atoms with Crippen LogP contribution in [0.2, 0.25) is 0 Å². The third kappa shape index (κ3) is 2.94. The second-order valence-electron chi connectivity index (χ2n) is 8.02. The zero-order valence-corrected chi connectivity index (χ0v) is 17.0. The highest BCUT2D eigenvalue weighted by Gasteiger charge is 2.52. The predicted molar refractivity (Wildman–Crippen MR) is 112 cm³/mol. The fourth-order valence-corrected chi connectivity index (χ4v) is 4.84. The first-order valence-electron chi connectivity index (χ1n) is 10.4. The molecule has 3 heterocycles. The molecule has 2 aromatic rings. The highest BCUT2D eigenvalue weighted by molar-refractivity contribution is 6.02. The van der Waals surface area contributed by atoms with E-state index in [0.29, 0.717) is 0 Å². The Hall–Kier alpha value is -2.73. The van der Waals surface area contributed by atoms with Crippen molar-refractivity contribution >= 4 is 5.71 Å². The van der Waals surface area contributed by atoms with E-state index in [0.717, 1.165) is 67.2 Å². The Labute approximate surface area is 171 Å². The van der Waals surface area contributed by atoms with Crippen molar-refractivity contribution in [3.05, 3.63) is 53.6 Å². The minimum absolute atomic E-state index is 0.111. The van der Waals surface area contributed by atoms with Gasteiger partial charge in [-0.25, -0.2) is 5.01 Å². The summed E-state index contributed by atoms with van der Waals surface area (Å²) in [5.41, 5.74) is 2.61. The molecule has 1 fully saturated rings. The molecular formula is C23H27N3O3. The number of methoxy groups -OCH3 is 1. The molecular weight excluding hydrogens is 366 g/mol. The van der Waals surface area contributed by atoms with Gasteiger partial charge in [0.25, 0.3) is 0 Å². The zero-order chi connectivity index (χ0) is 20.0. The first-order chi connectivity index (χ1) is 14.1. The Balaban J connectivity index is 1.59. The molecule has 0 bridgehead atoms. The van der Waals surface area contributed by atoms with Crippen LogP contribution in [0.3, 0.4) is 0 Å². The Morgan fingerprint density at radius 1 is 1.21 bits per heavy atom. The smallest absolute Gasteiger partial charge is 0.200 e. The molecule has 1 saturated heterocycles. The van der Waals surface area contributed by atoms with Gasteiger partial charge in [0.15, 0.2) is 11.5 Å². The first-order valence-corrected chi connectivity index (χ1v) is 10.4. The highest BCUT2D eigenvalue weighted by atomic mass is 16.5. The fraction of sp³-hybridized carbons (Fsp3) is 0.435. The van der Waals surface area contributed by atoms with Gasteiger partial charge in [-0.3, -0.25) is 0 Å². The third-order valence-corrected chi connectivity index (χ3v) is 6.47. The van der Waals surface area contributed by atoms with Gasteiger partial charge >= 0.3 is 0 Å². The summed E-state index contributed by atoms with van der Waals surface area (Å²) in [6.07, 6.45) is 2.57. The predicted octanol–water partition coefficient (Wildman–Crippen LogP) is 3.76. The summed E-state index contributed by atoms with van der Waals surface area (Å²) in [4.78, 5) is 2.46. The molecule has 0 saturated carbocycles. The molecule has 5 rings (SSSR count). The lowest BCUT2D eigenvalue weighted by molar-refractivity contribution is -0.150. The maximum atomic E-state index is 9.94. The number of nitrogens with zero attached hydrogens (tertiary/aromatic N) is 3. The second kappa shape index (κ2) is 6.95. The van der Waals surface area contributed by atoms with E-state index < -0.39 is 5.72 Å². The molecule has 1 N–H and O–H groups in total. The number of likely N-dealkylation sites (tertiary alicyclic amines) is 1. The summed E-state index contributed by atoms with van der Waals surface area (Å²) < 4.78 is 12.4. The molecule has 3 aliphatic heterocycles. The number of hydrazone groups is 1. The average molecular weight is 393 g/mol. The number of benzene rings is 2. The molecule has 29 heavy (non-hydrogen) atoms. The number of hydrogen-bond acceptors (Lipinski definition) is 6. The normalized spacial score (nSPS) is 22.6. The van der Waals surface area contributed by atoms with Gasteiger partial charge in [-0.05, 0) is 24.7 Å². The van der Waals surface area contributed by atoms with E-state index in [1.54, 1.807) is 19.2 Å². The average Bonchev–Trinajstić information content (AvgIpc) is 3.21. The van der Waals surface area contributed by atoms with Crippen LogP contribution in [0.1, 0.15) is 43.4 Å². The Kier molecular flexibility index (Phi) is 4.39. The molecule has 6 heteroatoms. The van der Waals surface area contributed by atoms with Crippen LogP contribution in [-0.2, 0) is 0 Å². The molecule has 0 aliphatic carbocycles. The van der Waals surface area contributed by atoms with Gasteiger partial charge in [-0.2, -0.15) is 5.10 Å². The van der Waals surface area contributed by atoms with Crippen molar-refractivity contribution in [3.63, 3.8) is 0 Å². The van der Waals surface area contributed by atoms with Gasteiger partial charge in [0, 0.05) is 43.5 Å². The topological polar surface area (TPSA) is 57.5 Å². The van der Waals surface area contributed by atoms with Crippen molar-refractivity contribution in [1.29, 1.82) is 0 Å². The highest BCUT2D eigenvalue weighted by Crippen LogP contribution is 2.52. The van der Waals surface area contributed by atoms with Crippen LogP contribution in [-0.4, -0.2) is 53.2 Å². The zero-order valence-electron chi connectivity index (χ0n) is 17.0. The summed E-state index contributed by atoms with van der Waals surface area (Å²) in [5.74, 6) is 1.90. The Morgan fingerprint density at radius 3 is 2.72 bits per heavy atom. The summed E-state index contributed by atoms with van der Waals surface area (Å²) in [6.45, 7) is 5.23. The summed E-state index contributed by atoms with van der Waals surface area (Å²) in [7, 11) is 1.70. The van der Waals surface area contributed by atoms with Crippen molar-refractivity contribution in [2.45, 2.75) is 38.0 Å². The van der Waals surface area contributed by atoms with Crippen molar-refractivity contribution in [1.82, 2.24) is 9.91 Å². The lowest BCUT2D eigenvalue weighted by atomic mass is 9.90. The van der Waals surface area contributed by atoms with E-state index in [2.05, 4.69) is 22.9 Å².